The minimum absolute atomic E-state index is 0.227. The highest BCUT2D eigenvalue weighted by Crippen LogP contribution is 2.31. The third-order valence-corrected chi connectivity index (χ3v) is 3.22. The summed E-state index contributed by atoms with van der Waals surface area (Å²) in [7, 11) is 0. The predicted molar refractivity (Wildman–Crippen MR) is 82.4 cm³/mol. The molecule has 102 valence electrons. The van der Waals surface area contributed by atoms with Crippen molar-refractivity contribution in [1.82, 2.24) is 4.98 Å². The first kappa shape index (κ1) is 13.2. The summed E-state index contributed by atoms with van der Waals surface area (Å²) in [5, 5.41) is 10.6. The lowest BCUT2D eigenvalue weighted by atomic mass is 10.1. The molecule has 0 spiro atoms. The van der Waals surface area contributed by atoms with Crippen LogP contribution in [0.4, 0.5) is 5.69 Å². The van der Waals surface area contributed by atoms with Crippen LogP contribution in [0.3, 0.4) is 0 Å². The van der Waals surface area contributed by atoms with Crippen molar-refractivity contribution in [3.63, 3.8) is 0 Å². The summed E-state index contributed by atoms with van der Waals surface area (Å²) < 4.78 is 5.68. The van der Waals surface area contributed by atoms with E-state index >= 15 is 0 Å². The van der Waals surface area contributed by atoms with Crippen LogP contribution in [-0.2, 0) is 0 Å². The number of fused-ring (bicyclic) bond motifs is 1. The summed E-state index contributed by atoms with van der Waals surface area (Å²) >= 11 is 5.85. The average Bonchev–Trinajstić information content (AvgIpc) is 2.49. The van der Waals surface area contributed by atoms with Gasteiger partial charge in [0.2, 0.25) is 5.88 Å². The zero-order valence-electron chi connectivity index (χ0n) is 10.9. The Morgan fingerprint density at radius 3 is 2.71 bits per heavy atom. The maximum Gasteiger partial charge on any atom is 0.237 e. The van der Waals surface area contributed by atoms with E-state index < -0.39 is 0 Å². The first-order valence-corrected chi connectivity index (χ1v) is 6.58. The molecule has 0 fully saturated rings. The van der Waals surface area contributed by atoms with E-state index in [-0.39, 0.29) is 5.88 Å². The maximum atomic E-state index is 9.25. The van der Waals surface area contributed by atoms with Crippen LogP contribution in [0.5, 0.6) is 11.6 Å². The number of rotatable bonds is 2. The molecule has 0 bridgehead atoms. The molecule has 0 aliphatic carbocycles. The second kappa shape index (κ2) is 5.31. The Labute approximate surface area is 126 Å². The van der Waals surface area contributed by atoms with Gasteiger partial charge in [-0.3, -0.25) is 0 Å². The molecular weight excluding hydrogens is 286 g/mol. The number of nitrogens with two attached hydrogens (primary N) is 1. The molecule has 0 atom stereocenters. The Balaban J connectivity index is 2.09. The maximum absolute atomic E-state index is 9.25. The summed E-state index contributed by atoms with van der Waals surface area (Å²) in [6.45, 7) is 0. The van der Waals surface area contributed by atoms with Crippen molar-refractivity contribution < 1.29 is 4.74 Å². The van der Waals surface area contributed by atoms with Crippen molar-refractivity contribution >= 4 is 28.2 Å². The van der Waals surface area contributed by atoms with Crippen LogP contribution in [0.1, 0.15) is 5.56 Å². The van der Waals surface area contributed by atoms with Crippen molar-refractivity contribution in [2.75, 3.05) is 5.73 Å². The van der Waals surface area contributed by atoms with Gasteiger partial charge in [-0.25, -0.2) is 4.98 Å². The molecule has 2 N–H and O–H groups in total. The van der Waals surface area contributed by atoms with Crippen molar-refractivity contribution in [2.24, 2.45) is 0 Å². The van der Waals surface area contributed by atoms with Gasteiger partial charge >= 0.3 is 0 Å². The van der Waals surface area contributed by atoms with Crippen LogP contribution in [0.15, 0.2) is 48.5 Å². The topological polar surface area (TPSA) is 71.9 Å². The highest BCUT2D eigenvalue weighted by Gasteiger charge is 2.11. The number of nitrogens with zero attached hydrogens (tertiary/aromatic N) is 2. The van der Waals surface area contributed by atoms with Crippen LogP contribution < -0.4 is 10.5 Å². The van der Waals surface area contributed by atoms with Gasteiger partial charge in [-0.05, 0) is 30.3 Å². The summed E-state index contributed by atoms with van der Waals surface area (Å²) in [4.78, 5) is 4.37. The van der Waals surface area contributed by atoms with E-state index in [1.807, 2.05) is 24.3 Å². The molecule has 1 heterocycles. The molecule has 2 aromatic carbocycles. The number of hydrogen-bond acceptors (Lipinski definition) is 4. The van der Waals surface area contributed by atoms with E-state index in [0.29, 0.717) is 22.0 Å². The van der Waals surface area contributed by atoms with E-state index in [9.17, 15) is 5.26 Å². The van der Waals surface area contributed by atoms with E-state index in [4.69, 9.17) is 22.1 Å². The number of aromatic nitrogens is 1. The second-order valence-corrected chi connectivity index (χ2v) is 4.87. The number of para-hydroxylation sites is 1. The summed E-state index contributed by atoms with van der Waals surface area (Å²) in [5.74, 6) is 0.643. The smallest absolute Gasteiger partial charge is 0.237 e. The number of nitrogen functional groups attached to an aromatic ring is 1. The fourth-order valence-corrected chi connectivity index (χ4v) is 2.15. The lowest BCUT2D eigenvalue weighted by Gasteiger charge is -2.10. The number of anilines is 1. The largest absolute Gasteiger partial charge is 0.435 e. The Hall–Kier alpha value is -2.77. The van der Waals surface area contributed by atoms with Crippen LogP contribution in [-0.4, -0.2) is 4.98 Å². The molecule has 4 nitrogen and oxygen atoms in total. The normalized spacial score (nSPS) is 10.3. The van der Waals surface area contributed by atoms with Crippen molar-refractivity contribution in [3.05, 3.63) is 59.1 Å². The monoisotopic (exact) mass is 295 g/mol. The first-order valence-electron chi connectivity index (χ1n) is 6.20. The van der Waals surface area contributed by atoms with Crippen LogP contribution in [0, 0.1) is 11.3 Å². The number of benzene rings is 2. The molecule has 0 aliphatic rings. The molecule has 3 aromatic rings. The Morgan fingerprint density at radius 1 is 1.14 bits per heavy atom. The van der Waals surface area contributed by atoms with Crippen molar-refractivity contribution in [2.45, 2.75) is 0 Å². The highest BCUT2D eigenvalue weighted by atomic mass is 35.5. The van der Waals surface area contributed by atoms with Gasteiger partial charge in [0, 0.05) is 10.4 Å². The fraction of sp³-hybridized carbons (Fsp3) is 0. The predicted octanol–water partition coefficient (Wildman–Crippen LogP) is 4.13. The van der Waals surface area contributed by atoms with E-state index in [2.05, 4.69) is 11.1 Å². The van der Waals surface area contributed by atoms with Gasteiger partial charge < -0.3 is 10.5 Å². The first-order chi connectivity index (χ1) is 10.2. The highest BCUT2D eigenvalue weighted by molar-refractivity contribution is 6.30. The Morgan fingerprint density at radius 2 is 1.95 bits per heavy atom. The van der Waals surface area contributed by atoms with Gasteiger partial charge in [-0.1, -0.05) is 29.8 Å². The Bertz CT molecular complexity index is 871. The van der Waals surface area contributed by atoms with E-state index in [1.165, 1.54) is 0 Å². The molecule has 3 rings (SSSR count). The summed E-state index contributed by atoms with van der Waals surface area (Å²) in [5.41, 5.74) is 7.34. The summed E-state index contributed by atoms with van der Waals surface area (Å²) in [6.07, 6.45) is 0. The van der Waals surface area contributed by atoms with Gasteiger partial charge in [0.25, 0.3) is 0 Å². The molecule has 5 heteroatoms. The van der Waals surface area contributed by atoms with E-state index in [1.54, 1.807) is 24.3 Å². The number of ether oxygens (including phenoxy) is 1. The van der Waals surface area contributed by atoms with Gasteiger partial charge in [-0.2, -0.15) is 5.26 Å². The number of hydrogen-bond donors (Lipinski definition) is 1. The number of halogens is 1. The number of pyridine rings is 1. The minimum atomic E-state index is 0.227. The molecular formula is C16H10ClN3O. The van der Waals surface area contributed by atoms with Crippen LogP contribution in [0.25, 0.3) is 10.9 Å². The molecule has 1 aromatic heterocycles. The van der Waals surface area contributed by atoms with Crippen LogP contribution in [0.2, 0.25) is 5.02 Å². The molecule has 0 saturated carbocycles. The third-order valence-electron chi connectivity index (χ3n) is 2.99. The molecule has 0 amide bonds. The summed E-state index contributed by atoms with van der Waals surface area (Å²) in [6, 6.07) is 16.2. The lowest BCUT2D eigenvalue weighted by molar-refractivity contribution is 0.465. The standard InChI is InChI=1S/C16H10ClN3O/c17-12-5-6-15(13(19)8-12)21-16-11(9-18)7-10-3-1-2-4-14(10)20-16/h1-8H,19H2. The minimum Gasteiger partial charge on any atom is -0.435 e. The zero-order chi connectivity index (χ0) is 14.8. The van der Waals surface area contributed by atoms with Gasteiger partial charge in [-0.15, -0.1) is 0 Å². The molecule has 0 radical (unpaired) electrons. The van der Waals surface area contributed by atoms with Crippen molar-refractivity contribution in [3.8, 4) is 17.7 Å². The van der Waals surface area contributed by atoms with E-state index in [0.717, 1.165) is 10.9 Å². The lowest BCUT2D eigenvalue weighted by Crippen LogP contribution is -1.96. The third kappa shape index (κ3) is 2.60. The quantitative estimate of drug-likeness (QED) is 0.721. The SMILES string of the molecule is N#Cc1cc2ccccc2nc1Oc1ccc(Cl)cc1N. The van der Waals surface area contributed by atoms with Gasteiger partial charge in [0.05, 0.1) is 11.2 Å². The Kier molecular flexibility index (Phi) is 3.35. The van der Waals surface area contributed by atoms with Gasteiger partial charge in [0.1, 0.15) is 11.6 Å². The molecule has 0 aliphatic heterocycles. The molecule has 0 unspecified atom stereocenters. The van der Waals surface area contributed by atoms with Crippen LogP contribution >= 0.6 is 11.6 Å². The fourth-order valence-electron chi connectivity index (χ4n) is 1.97. The van der Waals surface area contributed by atoms with Gasteiger partial charge in [0.15, 0.2) is 5.75 Å². The zero-order valence-corrected chi connectivity index (χ0v) is 11.6. The number of nitriles is 1. The second-order valence-electron chi connectivity index (χ2n) is 4.43. The average molecular weight is 296 g/mol. The van der Waals surface area contributed by atoms with Crippen molar-refractivity contribution in [1.29, 1.82) is 5.26 Å². The molecule has 0 saturated heterocycles. The molecule has 21 heavy (non-hydrogen) atoms.